The number of aromatic nitrogens is 1. The minimum atomic E-state index is -4.43. The van der Waals surface area contributed by atoms with E-state index in [9.17, 15) is 18.0 Å². The first kappa shape index (κ1) is 24.5. The molecule has 0 aromatic carbocycles. The van der Waals surface area contributed by atoms with Crippen LogP contribution >= 0.6 is 0 Å². The third-order valence-electron chi connectivity index (χ3n) is 8.19. The molecule has 5 nitrogen and oxygen atoms in total. The second-order valence-electron chi connectivity index (χ2n) is 10.4. The van der Waals surface area contributed by atoms with Crippen molar-refractivity contribution in [2.45, 2.75) is 96.1 Å². The molecule has 1 aliphatic heterocycles. The summed E-state index contributed by atoms with van der Waals surface area (Å²) >= 11 is 0. The molecule has 1 N–H and O–H groups in total. The van der Waals surface area contributed by atoms with E-state index in [2.05, 4.69) is 24.1 Å². The predicted octanol–water partition coefficient (Wildman–Crippen LogP) is 4.73. The van der Waals surface area contributed by atoms with Gasteiger partial charge in [0.25, 0.3) is 0 Å². The van der Waals surface area contributed by atoms with Crippen LogP contribution in [0.15, 0.2) is 12.3 Å². The van der Waals surface area contributed by atoms with Crippen LogP contribution in [0.2, 0.25) is 0 Å². The number of nitrogens with zero attached hydrogens (tertiary/aromatic N) is 2. The first-order chi connectivity index (χ1) is 15.6. The van der Waals surface area contributed by atoms with Crippen molar-refractivity contribution in [2.24, 2.45) is 11.3 Å². The van der Waals surface area contributed by atoms with Crippen molar-refractivity contribution in [1.29, 1.82) is 0 Å². The molecule has 0 spiro atoms. The lowest BCUT2D eigenvalue weighted by Gasteiger charge is -2.40. The van der Waals surface area contributed by atoms with Crippen molar-refractivity contribution in [1.82, 2.24) is 15.2 Å². The number of pyridine rings is 1. The molecule has 2 unspecified atom stereocenters. The van der Waals surface area contributed by atoms with Gasteiger partial charge in [-0.1, -0.05) is 26.7 Å². The molecule has 3 aliphatic rings. The summed E-state index contributed by atoms with van der Waals surface area (Å²) < 4.78 is 45.2. The van der Waals surface area contributed by atoms with Crippen LogP contribution in [0.1, 0.15) is 75.6 Å². The van der Waals surface area contributed by atoms with Crippen LogP contribution in [0.25, 0.3) is 0 Å². The van der Waals surface area contributed by atoms with Gasteiger partial charge in [0.05, 0.1) is 17.1 Å². The molecule has 184 valence electrons. The number of halogens is 3. The Bertz CT molecular complexity index is 860. The first-order valence-corrected chi connectivity index (χ1v) is 12.3. The maximum Gasteiger partial charge on any atom is 0.417 e. The van der Waals surface area contributed by atoms with Gasteiger partial charge in [0.1, 0.15) is 0 Å². The van der Waals surface area contributed by atoms with Gasteiger partial charge in [0.2, 0.25) is 5.91 Å². The van der Waals surface area contributed by atoms with E-state index >= 15 is 0 Å². The number of methoxy groups -OCH3 is 1. The van der Waals surface area contributed by atoms with E-state index < -0.39 is 17.2 Å². The summed E-state index contributed by atoms with van der Waals surface area (Å²) in [6.07, 6.45) is 4.22. The number of nitrogens with one attached hydrogen (secondary N) is 1. The van der Waals surface area contributed by atoms with E-state index in [1.54, 1.807) is 12.0 Å². The molecule has 0 saturated heterocycles. The Morgan fingerprint density at radius 2 is 2.03 bits per heavy atom. The fraction of sp³-hybridized carbons (Fsp3) is 0.760. The van der Waals surface area contributed by atoms with Gasteiger partial charge in [-0.25, -0.2) is 0 Å². The van der Waals surface area contributed by atoms with Gasteiger partial charge in [0, 0.05) is 50.6 Å². The minimum Gasteiger partial charge on any atom is -0.380 e. The van der Waals surface area contributed by atoms with E-state index in [0.29, 0.717) is 30.3 Å². The third-order valence-corrected chi connectivity index (χ3v) is 8.19. The van der Waals surface area contributed by atoms with E-state index in [0.717, 1.165) is 44.4 Å². The number of hydrogen-bond acceptors (Lipinski definition) is 4. The molecule has 1 amide bonds. The monoisotopic (exact) mass is 467 g/mol. The Morgan fingerprint density at radius 3 is 2.73 bits per heavy atom. The molecule has 8 heteroatoms. The Kier molecular flexibility index (Phi) is 7.06. The smallest absolute Gasteiger partial charge is 0.380 e. The summed E-state index contributed by atoms with van der Waals surface area (Å²) in [5.41, 5.74) is -0.0540. The Labute approximate surface area is 194 Å². The largest absolute Gasteiger partial charge is 0.417 e. The van der Waals surface area contributed by atoms with Gasteiger partial charge >= 0.3 is 6.18 Å². The number of hydrogen-bond donors (Lipinski definition) is 1. The normalized spacial score (nSPS) is 30.5. The third kappa shape index (κ3) is 4.92. The summed E-state index contributed by atoms with van der Waals surface area (Å²) in [5, 5.41) is 3.80. The SMILES string of the molecule is COC1CCCCC1N[C@@H]1CC[C@@](C(=O)N2CCc3ncc(C(F)(F)F)cc3C2)(C(C)C)C1. The lowest BCUT2D eigenvalue weighted by molar-refractivity contribution is -0.146. The summed E-state index contributed by atoms with van der Waals surface area (Å²) in [4.78, 5) is 19.7. The van der Waals surface area contributed by atoms with Gasteiger partial charge < -0.3 is 15.0 Å². The Morgan fingerprint density at radius 1 is 1.27 bits per heavy atom. The highest BCUT2D eigenvalue weighted by molar-refractivity contribution is 5.83. The topological polar surface area (TPSA) is 54.5 Å². The first-order valence-electron chi connectivity index (χ1n) is 12.3. The van der Waals surface area contributed by atoms with Crippen LogP contribution in [0.3, 0.4) is 0 Å². The molecule has 2 saturated carbocycles. The number of amides is 1. The number of carbonyl (C=O) groups excluding carboxylic acids is 1. The molecular formula is C25H36F3N3O2. The molecule has 2 aliphatic carbocycles. The maximum atomic E-state index is 13.8. The molecule has 1 aromatic rings. The number of carbonyl (C=O) groups is 1. The van der Waals surface area contributed by atoms with Crippen LogP contribution in [-0.2, 0) is 28.7 Å². The zero-order chi connectivity index (χ0) is 23.8. The van der Waals surface area contributed by atoms with Crippen molar-refractivity contribution in [3.8, 4) is 0 Å². The number of rotatable bonds is 5. The highest BCUT2D eigenvalue weighted by Gasteiger charge is 2.50. The quantitative estimate of drug-likeness (QED) is 0.681. The number of alkyl halides is 3. The summed E-state index contributed by atoms with van der Waals surface area (Å²) in [5.74, 6) is 0.235. The van der Waals surface area contributed by atoms with Gasteiger partial charge in [-0.2, -0.15) is 13.2 Å². The predicted molar refractivity (Wildman–Crippen MR) is 119 cm³/mol. The average molecular weight is 468 g/mol. The van der Waals surface area contributed by atoms with Gasteiger partial charge in [-0.05, 0) is 49.7 Å². The summed E-state index contributed by atoms with van der Waals surface area (Å²) in [6, 6.07) is 1.74. The highest BCUT2D eigenvalue weighted by Crippen LogP contribution is 2.47. The summed E-state index contributed by atoms with van der Waals surface area (Å²) in [7, 11) is 1.77. The van der Waals surface area contributed by atoms with Crippen LogP contribution in [0.5, 0.6) is 0 Å². The fourth-order valence-electron chi connectivity index (χ4n) is 6.13. The lowest BCUT2D eigenvalue weighted by Crippen LogP contribution is -2.50. The van der Waals surface area contributed by atoms with Crippen molar-refractivity contribution in [3.63, 3.8) is 0 Å². The van der Waals surface area contributed by atoms with Gasteiger partial charge in [-0.3, -0.25) is 9.78 Å². The van der Waals surface area contributed by atoms with E-state index in [1.165, 1.54) is 12.8 Å². The fourth-order valence-corrected chi connectivity index (χ4v) is 6.13. The second-order valence-corrected chi connectivity index (χ2v) is 10.4. The molecule has 2 fully saturated rings. The standard InChI is InChI=1S/C25H36F3N3O2/c1-16(2)24(10-8-19(13-24)30-21-6-4-5-7-22(21)33-3)23(32)31-11-9-20-17(15-31)12-18(14-29-20)25(26,27)28/h12,14,16,19,21-22,30H,4-11,13,15H2,1-3H3/t19-,21?,22?,24+/m1/s1. The van der Waals surface area contributed by atoms with E-state index in [1.807, 2.05) is 0 Å². The van der Waals surface area contributed by atoms with E-state index in [-0.39, 0.29) is 30.5 Å². The van der Waals surface area contributed by atoms with Crippen molar-refractivity contribution >= 4 is 5.91 Å². The zero-order valence-corrected chi connectivity index (χ0v) is 19.9. The number of ether oxygens (including phenoxy) is 1. The van der Waals surface area contributed by atoms with Crippen molar-refractivity contribution in [3.05, 3.63) is 29.1 Å². The van der Waals surface area contributed by atoms with Crippen molar-refractivity contribution < 1.29 is 22.7 Å². The summed E-state index contributed by atoms with van der Waals surface area (Å²) in [6.45, 7) is 4.90. The van der Waals surface area contributed by atoms with Crippen molar-refractivity contribution in [2.75, 3.05) is 13.7 Å². The highest BCUT2D eigenvalue weighted by atomic mass is 19.4. The molecule has 33 heavy (non-hydrogen) atoms. The second kappa shape index (κ2) is 9.53. The van der Waals surface area contributed by atoms with Gasteiger partial charge in [-0.15, -0.1) is 0 Å². The average Bonchev–Trinajstić information content (AvgIpc) is 3.23. The molecule has 1 aromatic heterocycles. The maximum absolute atomic E-state index is 13.8. The molecule has 2 heterocycles. The zero-order valence-electron chi connectivity index (χ0n) is 19.9. The molecule has 4 atom stereocenters. The van der Waals surface area contributed by atoms with E-state index in [4.69, 9.17) is 4.74 Å². The molecular weight excluding hydrogens is 431 g/mol. The van der Waals surface area contributed by atoms with Crippen LogP contribution in [0.4, 0.5) is 13.2 Å². The Hall–Kier alpha value is -1.67. The molecule has 0 radical (unpaired) electrons. The Balaban J connectivity index is 1.48. The van der Waals surface area contributed by atoms with Gasteiger partial charge in [0.15, 0.2) is 0 Å². The van der Waals surface area contributed by atoms with Crippen LogP contribution in [0, 0.1) is 11.3 Å². The van der Waals surface area contributed by atoms with Crippen LogP contribution in [-0.4, -0.2) is 47.6 Å². The number of fused-ring (bicyclic) bond motifs is 1. The van der Waals surface area contributed by atoms with Crippen LogP contribution < -0.4 is 5.32 Å². The lowest BCUT2D eigenvalue weighted by atomic mass is 9.74. The minimum absolute atomic E-state index is 0.0804. The molecule has 0 bridgehead atoms. The molecule has 4 rings (SSSR count).